The normalized spacial score (nSPS) is 43.5. The highest BCUT2D eigenvalue weighted by atomic mass is 16.7. The molecule has 13 rings (SSSR count). The van der Waals surface area contributed by atoms with Gasteiger partial charge in [0.1, 0.15) is 41.2 Å². The number of Topliss-reactive ketones (excluding diaryl/α,β-unsaturated/α-hetero) is 1. The maximum Gasteiger partial charge on any atom is 0.335 e. The van der Waals surface area contributed by atoms with Crippen LogP contribution in [0.5, 0.6) is 17.2 Å². The first kappa shape index (κ1) is 47.1. The first-order chi connectivity index (χ1) is 34.0. The van der Waals surface area contributed by atoms with Crippen LogP contribution in [-0.2, 0) is 14.2 Å². The number of aliphatic hydroxyl groups excluding tert-OH is 4. The fourth-order valence-electron chi connectivity index (χ4n) is 19.7. The number of phenolic OH excluding ortho intramolecular Hbond substituents is 2. The van der Waals surface area contributed by atoms with E-state index in [-0.39, 0.29) is 92.9 Å². The Hall–Kier alpha value is -3.64. The fourth-order valence-corrected chi connectivity index (χ4v) is 19.7. The number of hydrogen-bond donors (Lipinski definition) is 9. The zero-order chi connectivity index (χ0) is 49.3. The average molecular weight is 981 g/mol. The summed E-state index contributed by atoms with van der Waals surface area (Å²) in [4.78, 5) is 25.2. The summed E-state index contributed by atoms with van der Waals surface area (Å²) in [5.74, 6) is -3.15. The van der Waals surface area contributed by atoms with E-state index >= 15 is 0 Å². The van der Waals surface area contributed by atoms with E-state index in [9.17, 15) is 45.3 Å². The number of fused-ring (bicyclic) bond motifs is 3. The van der Waals surface area contributed by atoms with Crippen LogP contribution in [0.25, 0.3) is 10.8 Å². The molecule has 4 heterocycles. The third-order valence-corrected chi connectivity index (χ3v) is 22.1. The highest BCUT2D eigenvalue weighted by Crippen LogP contribution is 2.79. The molecule has 0 radical (unpaired) electrons. The molecule has 7 aliphatic carbocycles. The second-order valence-electron chi connectivity index (χ2n) is 25.0. The van der Waals surface area contributed by atoms with Gasteiger partial charge in [0, 0.05) is 47.1 Å². The molecule has 11 aliphatic rings. The van der Waals surface area contributed by atoms with E-state index in [1.165, 1.54) is 102 Å². The van der Waals surface area contributed by atoms with Crippen LogP contribution in [0, 0.1) is 51.8 Å². The fraction of sp³-hybridized carbons (Fsp3) is 0.714. The second-order valence-corrected chi connectivity index (χ2v) is 25.0. The standard InChI is InChI=1S/C56H72N2O13/c1-29-40(30(2)61)44(63)42-34(43(29)62)17-32(48(66)67)18-37(42)70-49-45(64)47(65)56(39(22-60)71-49)20-36-41-31(24-69-56)7-8-35(41)54(13-6-16-59)28-68-23-33-19-51-26-53(21-38(51)57-58-55(36,27-51)46(33)54)12-5-11-52(53)15-14-50(25-52)9-3-4-10-50/h8,17-18,33,36,38-39,45-47,49,57-60,62-65H,3-7,9-16,19-28H2,1-2H3,(H,66,67)/t33-,36-,38-,39-,45-,46-,47-,49-,51-,52-,53-,54-,55-,56-/m1/s1. The summed E-state index contributed by atoms with van der Waals surface area (Å²) in [7, 11) is 0. The van der Waals surface area contributed by atoms with Gasteiger partial charge in [-0.3, -0.25) is 15.6 Å². The van der Waals surface area contributed by atoms with E-state index in [0.29, 0.717) is 36.9 Å². The minimum absolute atomic E-state index is 0.0238. The SMILES string of the molecule is CC(=O)c1c(C)c(O)c2cc(C(=O)O)cc(O[C@@H]3O[C@H](CO)[C@]4(C[C@@H]5C6=C(CC=C6[C@@]6(CCCO)COC[C@H]7C[C@@]89C[C@]5(NN[C@@H]8C[C@]5(CCC[C@]58CCC5(CCCC5)C8)C9)[C@H]76)CO4)[C@H](O)[C@H]3O)c2c1O. The van der Waals surface area contributed by atoms with Crippen LogP contribution in [0.2, 0.25) is 0 Å². The van der Waals surface area contributed by atoms with E-state index in [1.54, 1.807) is 0 Å². The Morgan fingerprint density at radius 3 is 2.49 bits per heavy atom. The van der Waals surface area contributed by atoms with Crippen molar-refractivity contribution in [1.82, 2.24) is 10.9 Å². The van der Waals surface area contributed by atoms with Gasteiger partial charge in [-0.05, 0) is 173 Å². The Labute approximate surface area is 414 Å². The van der Waals surface area contributed by atoms with Crippen molar-refractivity contribution >= 4 is 22.5 Å². The van der Waals surface area contributed by atoms with Crippen LogP contribution in [-0.4, -0.2) is 122 Å². The Morgan fingerprint density at radius 2 is 1.73 bits per heavy atom. The van der Waals surface area contributed by atoms with Crippen molar-refractivity contribution in [1.29, 1.82) is 0 Å². The van der Waals surface area contributed by atoms with Gasteiger partial charge in [-0.2, -0.15) is 0 Å². The molecule has 15 heteroatoms. The minimum atomic E-state index is -1.82. The van der Waals surface area contributed by atoms with E-state index in [0.717, 1.165) is 37.0 Å². The number of hydrogen-bond acceptors (Lipinski definition) is 14. The van der Waals surface area contributed by atoms with Crippen molar-refractivity contribution in [3.63, 3.8) is 0 Å². The molecule has 9 N–H and O–H groups in total. The van der Waals surface area contributed by atoms with Crippen LogP contribution in [0.15, 0.2) is 34.9 Å². The monoisotopic (exact) mass is 981 g/mol. The van der Waals surface area contributed by atoms with Crippen molar-refractivity contribution in [2.75, 3.05) is 33.0 Å². The highest BCUT2D eigenvalue weighted by molar-refractivity contribution is 6.11. The van der Waals surface area contributed by atoms with E-state index in [1.807, 2.05) is 0 Å². The zero-order valence-electron chi connectivity index (χ0n) is 41.2. The van der Waals surface area contributed by atoms with Gasteiger partial charge in [0.05, 0.1) is 36.3 Å². The lowest BCUT2D eigenvalue weighted by Gasteiger charge is -2.72. The number of carbonyl (C=O) groups is 2. The average Bonchev–Trinajstić information content (AvgIpc) is 4.18. The van der Waals surface area contributed by atoms with Gasteiger partial charge < -0.3 is 54.7 Å². The number of phenols is 2. The molecule has 2 aromatic carbocycles. The first-order valence-corrected chi connectivity index (χ1v) is 26.9. The molecule has 384 valence electrons. The van der Waals surface area contributed by atoms with Crippen molar-refractivity contribution in [2.45, 2.75) is 171 Å². The van der Waals surface area contributed by atoms with Gasteiger partial charge in [0.2, 0.25) is 6.29 Å². The quantitative estimate of drug-likeness (QED) is 0.103. The molecule has 3 saturated heterocycles. The van der Waals surface area contributed by atoms with Crippen molar-refractivity contribution in [2.24, 2.45) is 44.8 Å². The third-order valence-electron chi connectivity index (χ3n) is 22.1. The van der Waals surface area contributed by atoms with Gasteiger partial charge in [-0.25, -0.2) is 4.79 Å². The molecule has 0 amide bonds. The molecule has 2 bridgehead atoms. The summed E-state index contributed by atoms with van der Waals surface area (Å²) < 4.78 is 26.7. The van der Waals surface area contributed by atoms with Crippen LogP contribution < -0.4 is 15.6 Å². The number of carboxylic acids is 1. The molecule has 0 unspecified atom stereocenters. The molecule has 0 aromatic heterocycles. The summed E-state index contributed by atoms with van der Waals surface area (Å²) in [5.41, 5.74) is 9.94. The summed E-state index contributed by atoms with van der Waals surface area (Å²) in [6.45, 7) is 3.43. The number of carboxylic acid groups (broad SMARTS) is 1. The number of nitrogens with one attached hydrogen (secondary N) is 2. The second kappa shape index (κ2) is 15.9. The smallest absolute Gasteiger partial charge is 0.335 e. The summed E-state index contributed by atoms with van der Waals surface area (Å²) in [5, 5.41) is 79.9. The lowest BCUT2D eigenvalue weighted by Crippen LogP contribution is -2.81. The van der Waals surface area contributed by atoms with Gasteiger partial charge >= 0.3 is 5.97 Å². The number of aromatic hydroxyl groups is 2. The first-order valence-electron chi connectivity index (χ1n) is 26.9. The number of aromatic carboxylic acids is 1. The van der Waals surface area contributed by atoms with Crippen molar-refractivity contribution in [3.8, 4) is 17.2 Å². The molecule has 4 aliphatic heterocycles. The van der Waals surface area contributed by atoms with Crippen LogP contribution >= 0.6 is 0 Å². The molecular weight excluding hydrogens is 909 g/mol. The molecule has 71 heavy (non-hydrogen) atoms. The number of aliphatic hydroxyl groups is 4. The molecule has 6 saturated carbocycles. The maximum absolute atomic E-state index is 12.8. The number of ether oxygens (including phenoxy) is 4. The topological polar surface area (TPSA) is 237 Å². The van der Waals surface area contributed by atoms with E-state index < -0.39 is 65.6 Å². The van der Waals surface area contributed by atoms with Gasteiger partial charge in [-0.1, -0.05) is 25.3 Å². The number of allylic oxidation sites excluding steroid dienone is 1. The third kappa shape index (κ3) is 6.15. The number of rotatable bonds is 8. The lowest BCUT2D eigenvalue weighted by molar-refractivity contribution is -0.327. The molecule has 2 aromatic rings. The Balaban J connectivity index is 0.894. The molecule has 9 fully saturated rings. The van der Waals surface area contributed by atoms with Crippen molar-refractivity contribution < 1.29 is 64.3 Å². The lowest BCUT2D eigenvalue weighted by atomic mass is 9.39. The summed E-state index contributed by atoms with van der Waals surface area (Å²) in [6, 6.07) is 2.55. The van der Waals surface area contributed by atoms with E-state index in [2.05, 4.69) is 16.9 Å². The zero-order valence-corrected chi connectivity index (χ0v) is 41.2. The molecule has 15 nitrogen and oxygen atoms in total. The predicted octanol–water partition coefficient (Wildman–Crippen LogP) is 6.41. The Bertz CT molecular complexity index is 2680. The number of benzene rings is 2. The molecule has 6 spiro atoms. The van der Waals surface area contributed by atoms with Gasteiger partial charge in [0.25, 0.3) is 0 Å². The maximum atomic E-state index is 12.8. The largest absolute Gasteiger partial charge is 0.507 e. The highest BCUT2D eigenvalue weighted by Gasteiger charge is 2.77. The predicted molar refractivity (Wildman–Crippen MR) is 258 cm³/mol. The minimum Gasteiger partial charge on any atom is -0.507 e. The Morgan fingerprint density at radius 1 is 0.930 bits per heavy atom. The van der Waals surface area contributed by atoms with Gasteiger partial charge in [0.15, 0.2) is 5.78 Å². The van der Waals surface area contributed by atoms with Crippen LogP contribution in [0.1, 0.15) is 149 Å². The summed E-state index contributed by atoms with van der Waals surface area (Å²) >= 11 is 0. The number of ketones is 1. The molecule has 14 atom stereocenters. The van der Waals surface area contributed by atoms with Crippen LogP contribution in [0.3, 0.4) is 0 Å². The number of carbonyl (C=O) groups excluding carboxylic acids is 1. The Kier molecular flexibility index (Phi) is 10.6. The van der Waals surface area contributed by atoms with Gasteiger partial charge in [-0.15, -0.1) is 0 Å². The molecular formula is C56H72N2O13. The van der Waals surface area contributed by atoms with E-state index in [4.69, 9.17) is 18.9 Å². The summed E-state index contributed by atoms with van der Waals surface area (Å²) in [6.07, 6.45) is 16.0. The van der Waals surface area contributed by atoms with Crippen LogP contribution in [0.4, 0.5) is 0 Å². The number of hydrazine groups is 1. The van der Waals surface area contributed by atoms with Crippen molar-refractivity contribution in [3.05, 3.63) is 51.6 Å².